The van der Waals surface area contributed by atoms with E-state index in [2.05, 4.69) is 49.1 Å². The molecule has 3 aromatic rings. The first kappa shape index (κ1) is 18.6. The van der Waals surface area contributed by atoms with Gasteiger partial charge < -0.3 is 14.8 Å². The Labute approximate surface area is 180 Å². The van der Waals surface area contributed by atoms with Crippen LogP contribution in [-0.4, -0.2) is 30.6 Å². The Morgan fingerprint density at radius 1 is 1.03 bits per heavy atom. The van der Waals surface area contributed by atoms with Gasteiger partial charge in [-0.2, -0.15) is 0 Å². The number of hydrogen-bond acceptors (Lipinski definition) is 3. The second-order valence-electron chi connectivity index (χ2n) is 7.61. The van der Waals surface area contributed by atoms with Gasteiger partial charge in [0.1, 0.15) is 5.82 Å². The number of nitrogens with one attached hydrogen (secondary N) is 1. The van der Waals surface area contributed by atoms with Crippen molar-refractivity contribution in [2.24, 2.45) is 0 Å². The molecule has 0 bridgehead atoms. The average molecular weight is 424 g/mol. The minimum Gasteiger partial charge on any atom is -0.352 e. The fourth-order valence-electron chi connectivity index (χ4n) is 4.61. The summed E-state index contributed by atoms with van der Waals surface area (Å²) < 4.78 is 2.13. The predicted molar refractivity (Wildman–Crippen MR) is 118 cm³/mol. The molecule has 29 heavy (non-hydrogen) atoms. The fraction of sp³-hybridized carbons (Fsp3) is 0.318. The maximum Gasteiger partial charge on any atom is 0.170 e. The quantitative estimate of drug-likeness (QED) is 0.608. The Morgan fingerprint density at radius 3 is 2.62 bits per heavy atom. The molecule has 3 aromatic heterocycles. The van der Waals surface area contributed by atoms with Crippen molar-refractivity contribution < 1.29 is 0 Å². The molecule has 0 spiro atoms. The van der Waals surface area contributed by atoms with E-state index in [1.165, 1.54) is 25.7 Å². The highest BCUT2D eigenvalue weighted by Gasteiger charge is 2.44. The van der Waals surface area contributed by atoms with Gasteiger partial charge in [0.25, 0.3) is 0 Å². The Balaban J connectivity index is 1.61. The van der Waals surface area contributed by atoms with Gasteiger partial charge in [-0.15, -0.1) is 0 Å². The second-order valence-corrected chi connectivity index (χ2v) is 8.43. The highest BCUT2D eigenvalue weighted by molar-refractivity contribution is 7.80. The van der Waals surface area contributed by atoms with Crippen LogP contribution < -0.4 is 5.32 Å². The van der Waals surface area contributed by atoms with Crippen molar-refractivity contribution in [3.63, 3.8) is 0 Å². The first-order valence-corrected chi connectivity index (χ1v) is 10.8. The molecular weight excluding hydrogens is 402 g/mol. The van der Waals surface area contributed by atoms with Crippen LogP contribution in [-0.2, 0) is 0 Å². The Kier molecular flexibility index (Phi) is 4.97. The standard InChI is InChI=1S/C22H22ClN5S/c23-15-10-11-19(25-14-15)27-13-5-9-18(27)21-20(17-8-3-4-12-24-17)26-22(29)28(21)16-6-1-2-7-16/h3-5,8-14,16,20-21H,1-2,6-7H2,(H,26,29)/t20-,21-/m1/s1. The van der Waals surface area contributed by atoms with E-state index in [0.29, 0.717) is 11.1 Å². The lowest BCUT2D eigenvalue weighted by molar-refractivity contribution is 0.239. The van der Waals surface area contributed by atoms with Crippen molar-refractivity contribution in [1.29, 1.82) is 0 Å². The number of rotatable bonds is 4. The molecule has 1 aliphatic heterocycles. The van der Waals surface area contributed by atoms with Gasteiger partial charge in [0.15, 0.2) is 5.11 Å². The van der Waals surface area contributed by atoms with Crippen molar-refractivity contribution in [3.8, 4) is 5.82 Å². The molecule has 0 radical (unpaired) electrons. The largest absolute Gasteiger partial charge is 0.352 e. The molecule has 7 heteroatoms. The van der Waals surface area contributed by atoms with Crippen LogP contribution in [0.25, 0.3) is 5.82 Å². The van der Waals surface area contributed by atoms with E-state index >= 15 is 0 Å². The Bertz CT molecular complexity index is 998. The molecule has 148 valence electrons. The molecule has 5 rings (SSSR count). The average Bonchev–Trinajstić information content (AvgIpc) is 3.48. The second kappa shape index (κ2) is 7.76. The molecule has 4 heterocycles. The van der Waals surface area contributed by atoms with Gasteiger partial charge >= 0.3 is 0 Å². The number of hydrogen-bond donors (Lipinski definition) is 1. The summed E-state index contributed by atoms with van der Waals surface area (Å²) in [7, 11) is 0. The van der Waals surface area contributed by atoms with Crippen molar-refractivity contribution in [2.45, 2.75) is 43.8 Å². The maximum absolute atomic E-state index is 6.06. The fourth-order valence-corrected chi connectivity index (χ4v) is 5.11. The molecule has 2 atom stereocenters. The van der Waals surface area contributed by atoms with Crippen LogP contribution in [0.3, 0.4) is 0 Å². The van der Waals surface area contributed by atoms with Gasteiger partial charge in [0.2, 0.25) is 0 Å². The summed E-state index contributed by atoms with van der Waals surface area (Å²) in [6, 6.07) is 14.6. The first-order chi connectivity index (χ1) is 14.2. The van der Waals surface area contributed by atoms with Crippen LogP contribution in [0.1, 0.15) is 49.2 Å². The third-order valence-corrected chi connectivity index (χ3v) is 6.45. The number of pyridine rings is 2. The van der Waals surface area contributed by atoms with Gasteiger partial charge in [-0.3, -0.25) is 4.98 Å². The Morgan fingerprint density at radius 2 is 1.90 bits per heavy atom. The lowest BCUT2D eigenvalue weighted by Gasteiger charge is -2.33. The van der Waals surface area contributed by atoms with Gasteiger partial charge in [-0.1, -0.05) is 30.5 Å². The van der Waals surface area contributed by atoms with Gasteiger partial charge in [0, 0.05) is 30.3 Å². The molecular formula is C22H22ClN5S. The molecule has 0 aromatic carbocycles. The van der Waals surface area contributed by atoms with Crippen LogP contribution in [0.5, 0.6) is 0 Å². The molecule has 1 aliphatic carbocycles. The molecule has 0 amide bonds. The van der Waals surface area contributed by atoms with E-state index in [-0.39, 0.29) is 12.1 Å². The Hall–Kier alpha value is -2.44. The monoisotopic (exact) mass is 423 g/mol. The molecule has 1 saturated heterocycles. The molecule has 2 aliphatic rings. The minimum absolute atomic E-state index is 0.00903. The summed E-state index contributed by atoms with van der Waals surface area (Å²) >= 11 is 11.9. The predicted octanol–water partition coefficient (Wildman–Crippen LogP) is 4.84. The summed E-state index contributed by atoms with van der Waals surface area (Å²) in [5, 5.41) is 5.01. The molecule has 2 fully saturated rings. The van der Waals surface area contributed by atoms with E-state index in [1.807, 2.05) is 30.5 Å². The molecule has 1 saturated carbocycles. The van der Waals surface area contributed by atoms with Crippen LogP contribution >= 0.6 is 23.8 Å². The normalized spacial score (nSPS) is 22.2. The zero-order chi connectivity index (χ0) is 19.8. The van der Waals surface area contributed by atoms with Crippen molar-refractivity contribution >= 4 is 28.9 Å². The van der Waals surface area contributed by atoms with Crippen LogP contribution in [0.4, 0.5) is 0 Å². The molecule has 1 N–H and O–H groups in total. The first-order valence-electron chi connectivity index (χ1n) is 10.0. The van der Waals surface area contributed by atoms with Gasteiger partial charge in [-0.05, 0) is 61.5 Å². The third kappa shape index (κ3) is 3.40. The SMILES string of the molecule is S=C1N[C@H](c2ccccn2)[C@@H](c2cccn2-c2ccc(Cl)cn2)N1C1CCCC1. The van der Waals surface area contributed by atoms with Crippen molar-refractivity contribution in [2.75, 3.05) is 0 Å². The number of nitrogens with zero attached hydrogens (tertiary/aromatic N) is 4. The van der Waals surface area contributed by atoms with Crippen LogP contribution in [0, 0.1) is 0 Å². The summed E-state index contributed by atoms with van der Waals surface area (Å²) in [6.07, 6.45) is 10.4. The number of thiocarbonyl (C=S) groups is 1. The van der Waals surface area contributed by atoms with E-state index in [0.717, 1.165) is 22.3 Å². The zero-order valence-electron chi connectivity index (χ0n) is 15.9. The third-order valence-electron chi connectivity index (χ3n) is 5.90. The summed E-state index contributed by atoms with van der Waals surface area (Å²) in [6.45, 7) is 0. The van der Waals surface area contributed by atoms with Gasteiger partial charge in [-0.25, -0.2) is 4.98 Å². The zero-order valence-corrected chi connectivity index (χ0v) is 17.5. The molecule has 0 unspecified atom stereocenters. The van der Waals surface area contributed by atoms with Gasteiger partial charge in [0.05, 0.1) is 22.8 Å². The number of aromatic nitrogens is 3. The smallest absolute Gasteiger partial charge is 0.170 e. The highest BCUT2D eigenvalue weighted by atomic mass is 35.5. The van der Waals surface area contributed by atoms with Crippen LogP contribution in [0.2, 0.25) is 5.02 Å². The summed E-state index contributed by atoms with van der Waals surface area (Å²) in [5.74, 6) is 0.846. The lowest BCUT2D eigenvalue weighted by Crippen LogP contribution is -2.38. The topological polar surface area (TPSA) is 46.0 Å². The van der Waals surface area contributed by atoms with E-state index in [4.69, 9.17) is 23.8 Å². The lowest BCUT2D eigenvalue weighted by atomic mass is 9.99. The minimum atomic E-state index is -0.00903. The molecule has 5 nitrogen and oxygen atoms in total. The van der Waals surface area contributed by atoms with Crippen molar-refractivity contribution in [1.82, 2.24) is 24.8 Å². The van der Waals surface area contributed by atoms with Crippen LogP contribution in [0.15, 0.2) is 61.1 Å². The van der Waals surface area contributed by atoms with E-state index in [9.17, 15) is 0 Å². The summed E-state index contributed by atoms with van der Waals surface area (Å²) in [4.78, 5) is 11.6. The highest BCUT2D eigenvalue weighted by Crippen LogP contribution is 2.43. The maximum atomic E-state index is 6.06. The van der Waals surface area contributed by atoms with Crippen molar-refractivity contribution in [3.05, 3.63) is 77.5 Å². The number of halogens is 1. The van der Waals surface area contributed by atoms with E-state index in [1.54, 1.807) is 6.20 Å². The van der Waals surface area contributed by atoms with E-state index < -0.39 is 0 Å². The summed E-state index contributed by atoms with van der Waals surface area (Å²) in [5.41, 5.74) is 2.15.